The molecule has 2 rings (SSSR count). The summed E-state index contributed by atoms with van der Waals surface area (Å²) in [6.07, 6.45) is 0.860. The van der Waals surface area contributed by atoms with Crippen molar-refractivity contribution in [2.75, 3.05) is 0 Å². The maximum atomic E-state index is 6.22. The maximum absolute atomic E-state index is 6.22. The van der Waals surface area contributed by atoms with Crippen molar-refractivity contribution in [3.05, 3.63) is 38.8 Å². The summed E-state index contributed by atoms with van der Waals surface area (Å²) in [5.74, 6) is 1.16. The van der Waals surface area contributed by atoms with Crippen LogP contribution < -0.4 is 0 Å². The third-order valence-corrected chi connectivity index (χ3v) is 4.16. The quantitative estimate of drug-likeness (QED) is 0.745. The van der Waals surface area contributed by atoms with E-state index in [1.54, 1.807) is 0 Å². The number of aromatic nitrogens is 3. The van der Waals surface area contributed by atoms with Crippen LogP contribution in [-0.2, 0) is 6.42 Å². The van der Waals surface area contributed by atoms with Crippen LogP contribution in [0.15, 0.2) is 16.6 Å². The Bertz CT molecular complexity index is 621. The molecule has 0 unspecified atom stereocenters. The van der Waals surface area contributed by atoms with Crippen LogP contribution in [0, 0.1) is 19.8 Å². The lowest BCUT2D eigenvalue weighted by Crippen LogP contribution is -2.03. The van der Waals surface area contributed by atoms with Gasteiger partial charge in [-0.2, -0.15) is 0 Å². The molecule has 0 aliphatic heterocycles. The van der Waals surface area contributed by atoms with Crippen LogP contribution in [-0.4, -0.2) is 15.0 Å². The third-order valence-electron chi connectivity index (χ3n) is 2.82. The van der Waals surface area contributed by atoms with Crippen LogP contribution in [0.1, 0.15) is 30.9 Å². The first-order valence-corrected chi connectivity index (χ1v) is 7.71. The summed E-state index contributed by atoms with van der Waals surface area (Å²) >= 11 is 9.69. The molecule has 0 N–H and O–H groups in total. The molecule has 20 heavy (non-hydrogen) atoms. The zero-order valence-electron chi connectivity index (χ0n) is 12.0. The fourth-order valence-electron chi connectivity index (χ4n) is 2.08. The number of halogens is 2. The number of pyridine rings is 1. The lowest BCUT2D eigenvalue weighted by molar-refractivity contribution is 0.632. The van der Waals surface area contributed by atoms with Crippen LogP contribution in [0.5, 0.6) is 0 Å². The number of rotatable bonds is 3. The van der Waals surface area contributed by atoms with Gasteiger partial charge in [-0.25, -0.2) is 9.97 Å². The highest BCUT2D eigenvalue weighted by molar-refractivity contribution is 9.10. The van der Waals surface area contributed by atoms with E-state index in [9.17, 15) is 0 Å². The summed E-state index contributed by atoms with van der Waals surface area (Å²) < 4.78 is 0.791. The molecule has 0 aromatic carbocycles. The second-order valence-corrected chi connectivity index (χ2v) is 6.49. The van der Waals surface area contributed by atoms with Gasteiger partial charge in [0.1, 0.15) is 5.15 Å². The third kappa shape index (κ3) is 3.55. The zero-order chi connectivity index (χ0) is 14.9. The van der Waals surface area contributed by atoms with Gasteiger partial charge in [0.15, 0.2) is 5.82 Å². The van der Waals surface area contributed by atoms with Crippen molar-refractivity contribution >= 4 is 27.5 Å². The zero-order valence-corrected chi connectivity index (χ0v) is 14.4. The Morgan fingerprint density at radius 3 is 2.25 bits per heavy atom. The van der Waals surface area contributed by atoms with Crippen LogP contribution in [0.2, 0.25) is 5.15 Å². The van der Waals surface area contributed by atoms with Crippen molar-refractivity contribution < 1.29 is 0 Å². The summed E-state index contributed by atoms with van der Waals surface area (Å²) in [5, 5.41) is 0.456. The van der Waals surface area contributed by atoms with Crippen molar-refractivity contribution in [3.63, 3.8) is 0 Å². The molecular weight excluding hydrogens is 338 g/mol. The molecule has 0 radical (unpaired) electrons. The Hall–Kier alpha value is -1.00. The van der Waals surface area contributed by atoms with E-state index in [2.05, 4.69) is 44.7 Å². The summed E-state index contributed by atoms with van der Waals surface area (Å²) in [7, 11) is 0. The fourth-order valence-corrected chi connectivity index (χ4v) is 2.61. The normalized spacial score (nSPS) is 11.2. The number of aryl methyl sites for hydroxylation is 2. The summed E-state index contributed by atoms with van der Waals surface area (Å²) in [6.45, 7) is 8.24. The molecular formula is C15H17BrClN3. The number of hydrogen-bond donors (Lipinski definition) is 0. The average Bonchev–Trinajstić information content (AvgIpc) is 2.32. The number of hydrogen-bond acceptors (Lipinski definition) is 3. The van der Waals surface area contributed by atoms with E-state index < -0.39 is 0 Å². The van der Waals surface area contributed by atoms with E-state index in [0.717, 1.165) is 33.5 Å². The van der Waals surface area contributed by atoms with Gasteiger partial charge in [-0.15, -0.1) is 0 Å². The monoisotopic (exact) mass is 353 g/mol. The first kappa shape index (κ1) is 15.4. The predicted octanol–water partition coefficient (Wildman–Crippen LogP) is 4.77. The highest BCUT2D eigenvalue weighted by Gasteiger charge is 2.14. The van der Waals surface area contributed by atoms with E-state index in [-0.39, 0.29) is 0 Å². The van der Waals surface area contributed by atoms with Gasteiger partial charge in [-0.1, -0.05) is 25.4 Å². The van der Waals surface area contributed by atoms with E-state index in [1.165, 1.54) is 0 Å². The van der Waals surface area contributed by atoms with Crippen molar-refractivity contribution in [1.29, 1.82) is 0 Å². The highest BCUT2D eigenvalue weighted by atomic mass is 79.9. The standard InChI is InChI=1S/C15H17BrClN3/c1-8(2)5-12-13(16)14(17)20-15(19-12)11-6-9(3)18-10(4)7-11/h6-8H,5H2,1-4H3. The number of nitrogens with zero attached hydrogens (tertiary/aromatic N) is 3. The molecule has 5 heteroatoms. The molecule has 0 spiro atoms. The Kier molecular flexibility index (Phi) is 4.76. The first-order chi connectivity index (χ1) is 9.36. The lowest BCUT2D eigenvalue weighted by Gasteiger charge is -2.11. The van der Waals surface area contributed by atoms with E-state index >= 15 is 0 Å². The molecule has 2 aromatic heterocycles. The molecule has 3 nitrogen and oxygen atoms in total. The second-order valence-electron chi connectivity index (χ2n) is 5.34. The molecule has 0 fully saturated rings. The minimum atomic E-state index is 0.456. The van der Waals surface area contributed by atoms with Gasteiger partial charge in [-0.05, 0) is 54.2 Å². The minimum Gasteiger partial charge on any atom is -0.258 e. The van der Waals surface area contributed by atoms with Crippen LogP contribution >= 0.6 is 27.5 Å². The molecule has 0 aliphatic carbocycles. The van der Waals surface area contributed by atoms with E-state index in [1.807, 2.05) is 26.0 Å². The van der Waals surface area contributed by atoms with Crippen LogP contribution in [0.25, 0.3) is 11.4 Å². The fraction of sp³-hybridized carbons (Fsp3) is 0.400. The molecule has 2 aromatic rings. The van der Waals surface area contributed by atoms with Crippen molar-refractivity contribution in [2.24, 2.45) is 5.92 Å². The Labute approximate surface area is 133 Å². The van der Waals surface area contributed by atoms with E-state index in [4.69, 9.17) is 11.6 Å². The summed E-state index contributed by atoms with van der Waals surface area (Å²) in [6, 6.07) is 3.96. The Morgan fingerprint density at radius 1 is 1.10 bits per heavy atom. The largest absolute Gasteiger partial charge is 0.258 e. The molecule has 0 saturated heterocycles. The predicted molar refractivity (Wildman–Crippen MR) is 86.0 cm³/mol. The Balaban J connectivity index is 2.54. The van der Waals surface area contributed by atoms with Gasteiger partial charge in [0.25, 0.3) is 0 Å². The lowest BCUT2D eigenvalue weighted by atomic mass is 10.1. The van der Waals surface area contributed by atoms with Gasteiger partial charge in [-0.3, -0.25) is 4.98 Å². The Morgan fingerprint density at radius 2 is 1.70 bits per heavy atom. The van der Waals surface area contributed by atoms with Crippen molar-refractivity contribution in [1.82, 2.24) is 15.0 Å². The topological polar surface area (TPSA) is 38.7 Å². The molecule has 106 valence electrons. The van der Waals surface area contributed by atoms with Gasteiger partial charge >= 0.3 is 0 Å². The van der Waals surface area contributed by atoms with Crippen LogP contribution in [0.3, 0.4) is 0 Å². The van der Waals surface area contributed by atoms with Crippen LogP contribution in [0.4, 0.5) is 0 Å². The molecule has 0 aliphatic rings. The molecule has 0 amide bonds. The van der Waals surface area contributed by atoms with Gasteiger partial charge < -0.3 is 0 Å². The first-order valence-electron chi connectivity index (χ1n) is 6.54. The van der Waals surface area contributed by atoms with Gasteiger partial charge in [0.05, 0.1) is 10.2 Å². The SMILES string of the molecule is Cc1cc(-c2nc(Cl)c(Br)c(CC(C)C)n2)cc(C)n1. The summed E-state index contributed by atoms with van der Waals surface area (Å²) in [4.78, 5) is 13.4. The second kappa shape index (κ2) is 6.19. The average molecular weight is 355 g/mol. The van der Waals surface area contributed by atoms with E-state index in [0.29, 0.717) is 16.9 Å². The molecule has 0 atom stereocenters. The summed E-state index contributed by atoms with van der Waals surface area (Å²) in [5.41, 5.74) is 3.80. The minimum absolute atomic E-state index is 0.456. The van der Waals surface area contributed by atoms with Gasteiger partial charge in [0, 0.05) is 17.0 Å². The smallest absolute Gasteiger partial charge is 0.161 e. The molecule has 0 saturated carbocycles. The van der Waals surface area contributed by atoms with Gasteiger partial charge in [0.2, 0.25) is 0 Å². The van der Waals surface area contributed by atoms with Crippen molar-refractivity contribution in [3.8, 4) is 11.4 Å². The highest BCUT2D eigenvalue weighted by Crippen LogP contribution is 2.28. The van der Waals surface area contributed by atoms with Crippen molar-refractivity contribution in [2.45, 2.75) is 34.1 Å². The molecule has 2 heterocycles. The maximum Gasteiger partial charge on any atom is 0.161 e. The molecule has 0 bridgehead atoms.